The summed E-state index contributed by atoms with van der Waals surface area (Å²) in [6.07, 6.45) is 0. The van der Waals surface area contributed by atoms with Crippen LogP contribution in [-0.2, 0) is 11.4 Å². The molecule has 0 aliphatic heterocycles. The summed E-state index contributed by atoms with van der Waals surface area (Å²) in [6, 6.07) is 4.08. The molecule has 0 amide bonds. The number of thiophene rings is 1. The molecule has 9 heavy (non-hydrogen) atoms. The van der Waals surface area contributed by atoms with Crippen molar-refractivity contribution >= 4 is 11.3 Å². The Morgan fingerprint density at radius 2 is 2.44 bits per heavy atom. The van der Waals surface area contributed by atoms with Crippen LogP contribution in [0.4, 0.5) is 0 Å². The van der Waals surface area contributed by atoms with Gasteiger partial charge in [0.15, 0.2) is 0 Å². The number of hydrogen-bond donors (Lipinski definition) is 1. The zero-order chi connectivity index (χ0) is 6.69. The molecule has 2 nitrogen and oxygen atoms in total. The molecule has 0 atom stereocenters. The third kappa shape index (κ3) is 1.78. The second kappa shape index (κ2) is 2.96. The van der Waals surface area contributed by atoms with Crippen molar-refractivity contribution in [2.75, 3.05) is 0 Å². The van der Waals surface area contributed by atoms with Gasteiger partial charge in [0.2, 0.25) is 0 Å². The first-order valence-corrected chi connectivity index (χ1v) is 3.51. The van der Waals surface area contributed by atoms with Gasteiger partial charge in [0.05, 0.1) is 0 Å². The van der Waals surface area contributed by atoms with Gasteiger partial charge in [-0.2, -0.15) is 0 Å². The average Bonchev–Trinajstić information content (AvgIpc) is 2.17. The fourth-order valence-electron chi connectivity index (χ4n) is 0.645. The molecular weight excluding hydrogens is 134 g/mol. The van der Waals surface area contributed by atoms with Crippen LogP contribution in [0.2, 0.25) is 0 Å². The Bertz CT molecular complexity index is 185. The van der Waals surface area contributed by atoms with Crippen molar-refractivity contribution in [2.24, 2.45) is 5.90 Å². The van der Waals surface area contributed by atoms with E-state index in [1.807, 2.05) is 6.07 Å². The van der Waals surface area contributed by atoms with E-state index >= 15 is 0 Å². The van der Waals surface area contributed by atoms with Gasteiger partial charge in [0.1, 0.15) is 6.61 Å². The van der Waals surface area contributed by atoms with Crippen molar-refractivity contribution in [2.45, 2.75) is 13.5 Å². The number of rotatable bonds is 2. The van der Waals surface area contributed by atoms with Crippen molar-refractivity contribution in [3.8, 4) is 0 Å². The highest BCUT2D eigenvalue weighted by molar-refractivity contribution is 7.11. The molecule has 50 valence electrons. The highest BCUT2D eigenvalue weighted by Gasteiger charge is 1.93. The average molecular weight is 143 g/mol. The molecule has 0 aliphatic rings. The molecule has 0 aromatic carbocycles. The Labute approximate surface area is 58.2 Å². The van der Waals surface area contributed by atoms with Crippen molar-refractivity contribution in [3.63, 3.8) is 0 Å². The lowest BCUT2D eigenvalue weighted by atomic mass is 10.4. The Morgan fingerprint density at radius 3 is 2.89 bits per heavy atom. The summed E-state index contributed by atoms with van der Waals surface area (Å²) in [5.41, 5.74) is 0. The van der Waals surface area contributed by atoms with Gasteiger partial charge >= 0.3 is 0 Å². The number of aryl methyl sites for hydroxylation is 1. The summed E-state index contributed by atoms with van der Waals surface area (Å²) in [6.45, 7) is 2.59. The van der Waals surface area contributed by atoms with Crippen molar-refractivity contribution in [1.29, 1.82) is 0 Å². The highest BCUT2D eigenvalue weighted by Crippen LogP contribution is 2.14. The minimum absolute atomic E-state index is 0.526. The molecule has 3 heteroatoms. The fraction of sp³-hybridized carbons (Fsp3) is 0.333. The molecule has 1 heterocycles. The molecule has 1 aromatic heterocycles. The summed E-state index contributed by atoms with van der Waals surface area (Å²) in [5.74, 6) is 4.88. The summed E-state index contributed by atoms with van der Waals surface area (Å²) < 4.78 is 0. The molecule has 0 unspecified atom stereocenters. The standard InChI is InChI=1S/C6H9NOS/c1-5-2-3-6(9-5)4-8-7/h2-3H,4,7H2,1H3. The zero-order valence-electron chi connectivity index (χ0n) is 5.26. The normalized spacial score (nSPS) is 10.0. The molecular formula is C6H9NOS. The van der Waals surface area contributed by atoms with Crippen LogP contribution in [-0.4, -0.2) is 0 Å². The molecule has 1 rings (SSSR count). The van der Waals surface area contributed by atoms with Crippen LogP contribution in [0, 0.1) is 6.92 Å². The van der Waals surface area contributed by atoms with E-state index in [9.17, 15) is 0 Å². The van der Waals surface area contributed by atoms with E-state index in [-0.39, 0.29) is 0 Å². The fourth-order valence-corrected chi connectivity index (χ4v) is 1.46. The monoisotopic (exact) mass is 143 g/mol. The van der Waals surface area contributed by atoms with E-state index in [4.69, 9.17) is 5.90 Å². The predicted octanol–water partition coefficient (Wildman–Crippen LogP) is 1.45. The second-order valence-electron chi connectivity index (χ2n) is 1.82. The Balaban J connectivity index is 2.61. The van der Waals surface area contributed by atoms with Crippen LogP contribution in [0.5, 0.6) is 0 Å². The van der Waals surface area contributed by atoms with E-state index in [0.29, 0.717) is 6.61 Å². The molecule has 0 aliphatic carbocycles. The summed E-state index contributed by atoms with van der Waals surface area (Å²) in [4.78, 5) is 6.92. The third-order valence-corrected chi connectivity index (χ3v) is 2.00. The van der Waals surface area contributed by atoms with Crippen LogP contribution in [0.1, 0.15) is 9.75 Å². The Morgan fingerprint density at radius 1 is 1.67 bits per heavy atom. The maximum Gasteiger partial charge on any atom is 0.102 e. The molecule has 0 saturated heterocycles. The lowest BCUT2D eigenvalue weighted by Crippen LogP contribution is -1.96. The topological polar surface area (TPSA) is 35.2 Å². The maximum atomic E-state index is 4.88. The summed E-state index contributed by atoms with van der Waals surface area (Å²) in [7, 11) is 0. The minimum atomic E-state index is 0.526. The smallest absolute Gasteiger partial charge is 0.102 e. The van der Waals surface area contributed by atoms with Crippen LogP contribution in [0.3, 0.4) is 0 Å². The van der Waals surface area contributed by atoms with Crippen molar-refractivity contribution in [3.05, 3.63) is 21.9 Å². The van der Waals surface area contributed by atoms with E-state index in [2.05, 4.69) is 17.8 Å². The van der Waals surface area contributed by atoms with E-state index in [1.165, 1.54) is 9.75 Å². The molecule has 0 fully saturated rings. The van der Waals surface area contributed by atoms with Gasteiger partial charge in [-0.3, -0.25) is 4.84 Å². The van der Waals surface area contributed by atoms with Gasteiger partial charge in [-0.05, 0) is 19.1 Å². The van der Waals surface area contributed by atoms with E-state index in [0.717, 1.165) is 0 Å². The SMILES string of the molecule is Cc1ccc(CON)s1. The van der Waals surface area contributed by atoms with Crippen LogP contribution in [0.15, 0.2) is 12.1 Å². The first kappa shape index (κ1) is 6.74. The first-order valence-electron chi connectivity index (χ1n) is 2.70. The first-order chi connectivity index (χ1) is 4.33. The van der Waals surface area contributed by atoms with Crippen LogP contribution >= 0.6 is 11.3 Å². The molecule has 0 spiro atoms. The molecule has 1 aromatic rings. The minimum Gasteiger partial charge on any atom is -0.299 e. The van der Waals surface area contributed by atoms with Crippen LogP contribution < -0.4 is 5.90 Å². The van der Waals surface area contributed by atoms with Gasteiger partial charge in [0.25, 0.3) is 0 Å². The third-order valence-electron chi connectivity index (χ3n) is 1.02. The van der Waals surface area contributed by atoms with Crippen LogP contribution in [0.25, 0.3) is 0 Å². The second-order valence-corrected chi connectivity index (χ2v) is 3.20. The lowest BCUT2D eigenvalue weighted by molar-refractivity contribution is 0.126. The Kier molecular flexibility index (Phi) is 2.22. The van der Waals surface area contributed by atoms with Crippen molar-refractivity contribution < 1.29 is 4.84 Å². The summed E-state index contributed by atoms with van der Waals surface area (Å²) >= 11 is 1.71. The number of hydrogen-bond acceptors (Lipinski definition) is 3. The molecule has 2 N–H and O–H groups in total. The zero-order valence-corrected chi connectivity index (χ0v) is 6.07. The van der Waals surface area contributed by atoms with Gasteiger partial charge in [-0.1, -0.05) is 0 Å². The maximum absolute atomic E-state index is 4.88. The van der Waals surface area contributed by atoms with E-state index < -0.39 is 0 Å². The van der Waals surface area contributed by atoms with Gasteiger partial charge < -0.3 is 0 Å². The predicted molar refractivity (Wildman–Crippen MR) is 38.0 cm³/mol. The quantitative estimate of drug-likeness (QED) is 0.636. The van der Waals surface area contributed by atoms with E-state index in [1.54, 1.807) is 11.3 Å². The molecule has 0 saturated carbocycles. The largest absolute Gasteiger partial charge is 0.299 e. The van der Waals surface area contributed by atoms with Crippen molar-refractivity contribution in [1.82, 2.24) is 0 Å². The van der Waals surface area contributed by atoms with Gasteiger partial charge in [-0.25, -0.2) is 5.90 Å². The summed E-state index contributed by atoms with van der Waals surface area (Å²) in [5, 5.41) is 0. The molecule has 0 bridgehead atoms. The Hall–Kier alpha value is -0.380. The van der Waals surface area contributed by atoms with Gasteiger partial charge in [0, 0.05) is 9.75 Å². The molecule has 0 radical (unpaired) electrons. The van der Waals surface area contributed by atoms with Gasteiger partial charge in [-0.15, -0.1) is 11.3 Å². The highest BCUT2D eigenvalue weighted by atomic mass is 32.1. The lowest BCUT2D eigenvalue weighted by Gasteiger charge is -1.89. The number of nitrogens with two attached hydrogens (primary N) is 1.